The summed E-state index contributed by atoms with van der Waals surface area (Å²) in [6.45, 7) is 6.13. The highest BCUT2D eigenvalue weighted by Gasteiger charge is 2.24. The number of hydrogen-bond donors (Lipinski definition) is 0. The minimum atomic E-state index is 0.512. The molecule has 1 aliphatic rings. The number of aromatic nitrogens is 3. The van der Waals surface area contributed by atoms with Gasteiger partial charge in [-0.25, -0.2) is 15.0 Å². The zero-order chi connectivity index (χ0) is 19.5. The van der Waals surface area contributed by atoms with Crippen LogP contribution < -0.4 is 9.64 Å². The molecule has 3 heterocycles. The van der Waals surface area contributed by atoms with Crippen molar-refractivity contribution in [2.24, 2.45) is 0 Å². The number of benzene rings is 1. The number of thiazole rings is 1. The van der Waals surface area contributed by atoms with E-state index in [9.17, 15) is 0 Å². The van der Waals surface area contributed by atoms with Gasteiger partial charge in [-0.05, 0) is 38.3 Å². The van der Waals surface area contributed by atoms with E-state index in [1.54, 1.807) is 18.4 Å². The summed E-state index contributed by atoms with van der Waals surface area (Å²) >= 11 is 1.76. The van der Waals surface area contributed by atoms with Crippen LogP contribution in [0.4, 0.5) is 5.82 Å². The first-order valence-electron chi connectivity index (χ1n) is 9.86. The number of hydrogen-bond acceptors (Lipinski definition) is 6. The topological polar surface area (TPSA) is 51.1 Å². The maximum Gasteiger partial charge on any atom is 0.132 e. The number of nitrogens with zero attached hydrogens (tertiary/aromatic N) is 4. The minimum Gasteiger partial charge on any atom is -0.496 e. The van der Waals surface area contributed by atoms with Gasteiger partial charge in [0.25, 0.3) is 0 Å². The summed E-state index contributed by atoms with van der Waals surface area (Å²) < 4.78 is 5.49. The van der Waals surface area contributed by atoms with Crippen LogP contribution >= 0.6 is 11.3 Å². The molecule has 1 aliphatic heterocycles. The van der Waals surface area contributed by atoms with Crippen LogP contribution in [0.2, 0.25) is 0 Å². The predicted molar refractivity (Wildman–Crippen MR) is 114 cm³/mol. The van der Waals surface area contributed by atoms with Crippen LogP contribution in [-0.2, 0) is 6.42 Å². The van der Waals surface area contributed by atoms with Crippen molar-refractivity contribution in [3.63, 3.8) is 0 Å². The number of para-hydroxylation sites is 1. The molecule has 0 amide bonds. The van der Waals surface area contributed by atoms with Crippen LogP contribution in [0, 0.1) is 6.92 Å². The van der Waals surface area contributed by atoms with Crippen molar-refractivity contribution >= 4 is 17.2 Å². The third-order valence-corrected chi connectivity index (χ3v) is 6.32. The lowest BCUT2D eigenvalue weighted by Gasteiger charge is -2.32. The fourth-order valence-corrected chi connectivity index (χ4v) is 4.76. The Morgan fingerprint density at radius 3 is 2.68 bits per heavy atom. The van der Waals surface area contributed by atoms with Crippen LogP contribution in [0.15, 0.2) is 35.7 Å². The molecule has 0 bridgehead atoms. The standard InChI is InChI=1S/C22H26N4OS/c1-4-17-13-21(24-15(2)23-17)26-11-9-16(10-12-26)22-25-19(14-28-22)18-7-5-6-8-20(18)27-3/h5-8,13-14,16H,4,9-12H2,1-3H3. The fraction of sp³-hybridized carbons (Fsp3) is 0.409. The fourth-order valence-electron chi connectivity index (χ4n) is 3.77. The summed E-state index contributed by atoms with van der Waals surface area (Å²) in [6.07, 6.45) is 3.14. The molecule has 5 nitrogen and oxygen atoms in total. The number of piperidine rings is 1. The summed E-state index contributed by atoms with van der Waals surface area (Å²) in [6, 6.07) is 10.2. The first-order valence-corrected chi connectivity index (χ1v) is 10.7. The van der Waals surface area contributed by atoms with Crippen molar-refractivity contribution in [1.82, 2.24) is 15.0 Å². The second kappa shape index (κ2) is 8.27. The monoisotopic (exact) mass is 394 g/mol. The highest BCUT2D eigenvalue weighted by Crippen LogP contribution is 2.36. The van der Waals surface area contributed by atoms with E-state index in [1.165, 1.54) is 5.01 Å². The molecule has 3 aromatic rings. The molecular formula is C22H26N4OS. The molecule has 0 N–H and O–H groups in total. The maximum absolute atomic E-state index is 5.49. The van der Waals surface area contributed by atoms with Gasteiger partial charge in [0.15, 0.2) is 0 Å². The molecule has 6 heteroatoms. The Labute approximate surface area is 170 Å². The Hall–Kier alpha value is -2.47. The zero-order valence-electron chi connectivity index (χ0n) is 16.7. The summed E-state index contributed by atoms with van der Waals surface area (Å²) in [5.41, 5.74) is 3.19. The Bertz CT molecular complexity index is 947. The van der Waals surface area contributed by atoms with E-state index in [0.29, 0.717) is 5.92 Å². The Morgan fingerprint density at radius 1 is 1.14 bits per heavy atom. The van der Waals surface area contributed by atoms with E-state index in [-0.39, 0.29) is 0 Å². The molecular weight excluding hydrogens is 368 g/mol. The average Bonchev–Trinajstić information content (AvgIpc) is 3.23. The van der Waals surface area contributed by atoms with Gasteiger partial charge in [0, 0.05) is 41.7 Å². The summed E-state index contributed by atoms with van der Waals surface area (Å²) in [5.74, 6) is 3.31. The number of anilines is 1. The van der Waals surface area contributed by atoms with Gasteiger partial charge in [-0.3, -0.25) is 0 Å². The number of methoxy groups -OCH3 is 1. The largest absolute Gasteiger partial charge is 0.496 e. The highest BCUT2D eigenvalue weighted by molar-refractivity contribution is 7.10. The first kappa shape index (κ1) is 18.9. The lowest BCUT2D eigenvalue weighted by atomic mass is 9.97. The van der Waals surface area contributed by atoms with E-state index < -0.39 is 0 Å². The quantitative estimate of drug-likeness (QED) is 0.618. The van der Waals surface area contributed by atoms with Crippen LogP contribution in [0.3, 0.4) is 0 Å². The lowest BCUT2D eigenvalue weighted by molar-refractivity contribution is 0.416. The highest BCUT2D eigenvalue weighted by atomic mass is 32.1. The van der Waals surface area contributed by atoms with Gasteiger partial charge >= 0.3 is 0 Å². The molecule has 0 aliphatic carbocycles. The Morgan fingerprint density at radius 2 is 1.93 bits per heavy atom. The molecule has 0 saturated carbocycles. The zero-order valence-corrected chi connectivity index (χ0v) is 17.5. The minimum absolute atomic E-state index is 0.512. The smallest absolute Gasteiger partial charge is 0.132 e. The van der Waals surface area contributed by atoms with Crippen molar-refractivity contribution in [1.29, 1.82) is 0 Å². The van der Waals surface area contributed by atoms with Crippen molar-refractivity contribution in [3.05, 3.63) is 52.2 Å². The number of rotatable bonds is 5. The van der Waals surface area contributed by atoms with E-state index in [4.69, 9.17) is 9.72 Å². The Kier molecular flexibility index (Phi) is 5.57. The van der Waals surface area contributed by atoms with Crippen LogP contribution in [0.1, 0.15) is 42.2 Å². The van der Waals surface area contributed by atoms with Crippen molar-refractivity contribution in [2.75, 3.05) is 25.1 Å². The van der Waals surface area contributed by atoms with Crippen molar-refractivity contribution < 1.29 is 4.74 Å². The van der Waals surface area contributed by atoms with Gasteiger partial charge in [-0.2, -0.15) is 0 Å². The van der Waals surface area contributed by atoms with Crippen LogP contribution in [0.5, 0.6) is 5.75 Å². The van der Waals surface area contributed by atoms with Gasteiger partial charge in [-0.15, -0.1) is 11.3 Å². The molecule has 0 radical (unpaired) electrons. The molecule has 4 rings (SSSR count). The van der Waals surface area contributed by atoms with Gasteiger partial charge in [0.2, 0.25) is 0 Å². The predicted octanol–water partition coefficient (Wildman–Crippen LogP) is 4.86. The van der Waals surface area contributed by atoms with Crippen molar-refractivity contribution in [3.8, 4) is 17.0 Å². The SMILES string of the molecule is CCc1cc(N2CCC(c3nc(-c4ccccc4OC)cs3)CC2)nc(C)n1. The molecule has 0 spiro atoms. The van der Waals surface area contributed by atoms with Crippen LogP contribution in [-0.4, -0.2) is 35.2 Å². The maximum atomic E-state index is 5.49. The van der Waals surface area contributed by atoms with E-state index in [1.807, 2.05) is 25.1 Å². The number of aryl methyl sites for hydroxylation is 2. The molecule has 1 saturated heterocycles. The Balaban J connectivity index is 1.46. The first-order chi connectivity index (χ1) is 13.7. The normalized spacial score (nSPS) is 15.0. The molecule has 0 atom stereocenters. The molecule has 2 aromatic heterocycles. The van der Waals surface area contributed by atoms with Gasteiger partial charge in [0.05, 0.1) is 17.8 Å². The molecule has 1 fully saturated rings. The second-order valence-corrected chi connectivity index (χ2v) is 8.04. The van der Waals surface area contributed by atoms with Gasteiger partial charge < -0.3 is 9.64 Å². The third kappa shape index (κ3) is 3.87. The lowest BCUT2D eigenvalue weighted by Crippen LogP contribution is -2.33. The summed E-state index contributed by atoms with van der Waals surface area (Å²) in [4.78, 5) is 16.5. The summed E-state index contributed by atoms with van der Waals surface area (Å²) in [7, 11) is 1.71. The van der Waals surface area contributed by atoms with E-state index in [0.717, 1.165) is 66.7 Å². The van der Waals surface area contributed by atoms with Crippen molar-refractivity contribution in [2.45, 2.75) is 39.0 Å². The second-order valence-electron chi connectivity index (χ2n) is 7.15. The third-order valence-electron chi connectivity index (χ3n) is 5.31. The molecule has 0 unspecified atom stereocenters. The van der Waals surface area contributed by atoms with Gasteiger partial charge in [-0.1, -0.05) is 19.1 Å². The molecule has 146 valence electrons. The van der Waals surface area contributed by atoms with Gasteiger partial charge in [0.1, 0.15) is 17.4 Å². The van der Waals surface area contributed by atoms with E-state index in [2.05, 4.69) is 39.3 Å². The number of ether oxygens (including phenoxy) is 1. The van der Waals surface area contributed by atoms with E-state index >= 15 is 0 Å². The molecule has 28 heavy (non-hydrogen) atoms. The molecule has 1 aromatic carbocycles. The van der Waals surface area contributed by atoms with Crippen LogP contribution in [0.25, 0.3) is 11.3 Å². The average molecular weight is 395 g/mol. The summed E-state index contributed by atoms with van der Waals surface area (Å²) in [5, 5.41) is 3.38.